The Balaban J connectivity index is 1.41. The molecule has 0 aliphatic carbocycles. The van der Waals surface area contributed by atoms with Gasteiger partial charge in [0, 0.05) is 36.0 Å². The van der Waals surface area contributed by atoms with E-state index in [1.54, 1.807) is 0 Å². The zero-order valence-electron chi connectivity index (χ0n) is 33.2. The number of rotatable bonds is 20. The Morgan fingerprint density at radius 1 is 0.418 bits per heavy atom. The van der Waals surface area contributed by atoms with Crippen LogP contribution in [0.2, 0.25) is 0 Å². The van der Waals surface area contributed by atoms with E-state index in [1.807, 2.05) is 0 Å². The van der Waals surface area contributed by atoms with E-state index in [0.717, 1.165) is 102 Å². The predicted molar refractivity (Wildman–Crippen MR) is 221 cm³/mol. The average Bonchev–Trinajstić information content (AvgIpc) is 3.22. The monoisotopic (exact) mass is 747 g/mol. The van der Waals surface area contributed by atoms with Crippen LogP contribution in [-0.4, -0.2) is 37.3 Å². The van der Waals surface area contributed by atoms with Gasteiger partial charge in [-0.15, -0.1) is 0 Å². The minimum absolute atomic E-state index is 0.175. The average molecular weight is 748 g/mol. The van der Waals surface area contributed by atoms with E-state index in [2.05, 4.69) is 141 Å². The number of ether oxygens (including phenoxy) is 4. The number of oxime groups is 1. The van der Waals surface area contributed by atoms with E-state index < -0.39 is 0 Å². The van der Waals surface area contributed by atoms with Gasteiger partial charge < -0.3 is 34.8 Å². The summed E-state index contributed by atoms with van der Waals surface area (Å²) in [4.78, 5) is 0. The van der Waals surface area contributed by atoms with E-state index in [0.29, 0.717) is 26.4 Å². The number of unbranched alkanes of at least 4 members (excludes halogenated alkanes) is 4. The van der Waals surface area contributed by atoms with Crippen molar-refractivity contribution in [3.8, 4) is 23.0 Å². The van der Waals surface area contributed by atoms with Gasteiger partial charge in [-0.05, 0) is 96.5 Å². The maximum Gasteiger partial charge on any atom is 0.119 e. The third-order valence-corrected chi connectivity index (χ3v) is 11.0. The van der Waals surface area contributed by atoms with E-state index >= 15 is 0 Å². The van der Waals surface area contributed by atoms with Gasteiger partial charge >= 0.3 is 0 Å². The van der Waals surface area contributed by atoms with Crippen molar-refractivity contribution in [2.75, 3.05) is 26.4 Å². The fraction of sp³-hybridized carbons (Fsp3) is 0.468. The summed E-state index contributed by atoms with van der Waals surface area (Å²) in [6, 6.07) is 33.0. The van der Waals surface area contributed by atoms with Gasteiger partial charge in [0.25, 0.3) is 0 Å². The van der Waals surface area contributed by atoms with Gasteiger partial charge in [0.15, 0.2) is 0 Å². The largest absolute Gasteiger partial charge is 0.494 e. The van der Waals surface area contributed by atoms with Crippen molar-refractivity contribution in [2.24, 2.45) is 17.0 Å². The van der Waals surface area contributed by atoms with Gasteiger partial charge in [0.2, 0.25) is 0 Å². The van der Waals surface area contributed by atoms with Gasteiger partial charge in [-0.3, -0.25) is 0 Å². The van der Waals surface area contributed by atoms with Crippen LogP contribution in [-0.2, 0) is 0 Å². The van der Waals surface area contributed by atoms with Crippen molar-refractivity contribution in [2.45, 2.75) is 103 Å². The molecule has 4 aromatic carbocycles. The van der Waals surface area contributed by atoms with Crippen LogP contribution >= 0.6 is 0 Å². The molecule has 2 fully saturated rings. The molecular weight excluding hydrogens is 687 g/mol. The zero-order valence-corrected chi connectivity index (χ0v) is 33.2. The molecule has 0 radical (unpaired) electrons. The maximum absolute atomic E-state index is 11.2. The molecule has 2 aliphatic heterocycles. The Bertz CT molecular complexity index is 1500. The lowest BCUT2D eigenvalue weighted by Crippen LogP contribution is -2.60. The predicted octanol–water partition coefficient (Wildman–Crippen LogP) is 10.9. The molecule has 2 aliphatic rings. The second kappa shape index (κ2) is 20.4. The van der Waals surface area contributed by atoms with Crippen LogP contribution in [0.3, 0.4) is 0 Å². The number of fused-ring (bicyclic) bond motifs is 2. The molecule has 4 unspecified atom stereocenters. The molecule has 2 saturated heterocycles. The number of hydrogen-bond donors (Lipinski definition) is 3. The van der Waals surface area contributed by atoms with Crippen LogP contribution in [0.5, 0.6) is 23.0 Å². The highest BCUT2D eigenvalue weighted by atomic mass is 16.5. The van der Waals surface area contributed by atoms with Crippen LogP contribution < -0.4 is 29.6 Å². The summed E-state index contributed by atoms with van der Waals surface area (Å²) in [5.41, 5.74) is 5.21. The molecule has 6 rings (SSSR count). The van der Waals surface area contributed by atoms with Crippen LogP contribution in [0, 0.1) is 11.8 Å². The van der Waals surface area contributed by atoms with E-state index in [9.17, 15) is 5.21 Å². The molecular formula is C47H61N3O5. The van der Waals surface area contributed by atoms with Crippen molar-refractivity contribution >= 4 is 5.71 Å². The standard InChI is InChI=1S/C47H61N3O5/c1-5-9-29-52-37-21-13-33(14-22-37)43-41-44(34-15-23-38(24-16-34)53-30-10-6-2)49-46(36-19-27-40(28-20-36)55-32-12-8-4)42(47(41)50-51)45(48-43)35-17-25-39(26-18-35)54-31-11-7-3/h13-28,41-46,48-49,51H,5-12,29-32H2,1-4H3. The van der Waals surface area contributed by atoms with E-state index in [4.69, 9.17) is 18.9 Å². The third-order valence-electron chi connectivity index (χ3n) is 11.0. The quantitative estimate of drug-likeness (QED) is 0.0471. The Labute approximate surface area is 328 Å². The van der Waals surface area contributed by atoms with Crippen LogP contribution in [0.15, 0.2) is 102 Å². The fourth-order valence-electron chi connectivity index (χ4n) is 7.86. The third kappa shape index (κ3) is 10.0. The molecule has 2 heterocycles. The van der Waals surface area contributed by atoms with Gasteiger partial charge in [-0.25, -0.2) is 0 Å². The Morgan fingerprint density at radius 3 is 0.855 bits per heavy atom. The molecule has 4 atom stereocenters. The number of piperidine rings is 2. The molecule has 294 valence electrons. The summed E-state index contributed by atoms with van der Waals surface area (Å²) >= 11 is 0. The number of benzene rings is 4. The van der Waals surface area contributed by atoms with Gasteiger partial charge in [0.05, 0.1) is 32.1 Å². The van der Waals surface area contributed by atoms with Crippen molar-refractivity contribution in [1.82, 2.24) is 10.6 Å². The Morgan fingerprint density at radius 2 is 0.655 bits per heavy atom. The van der Waals surface area contributed by atoms with Crippen molar-refractivity contribution < 1.29 is 24.2 Å². The lowest BCUT2D eigenvalue weighted by atomic mass is 9.63. The second-order valence-corrected chi connectivity index (χ2v) is 14.9. The highest BCUT2D eigenvalue weighted by Gasteiger charge is 2.54. The summed E-state index contributed by atoms with van der Waals surface area (Å²) in [6.07, 6.45) is 8.40. The van der Waals surface area contributed by atoms with E-state index in [-0.39, 0.29) is 36.0 Å². The topological polar surface area (TPSA) is 93.6 Å². The lowest BCUT2D eigenvalue weighted by molar-refractivity contribution is 0.149. The van der Waals surface area contributed by atoms with Crippen LogP contribution in [0.1, 0.15) is 125 Å². The molecule has 4 aromatic rings. The van der Waals surface area contributed by atoms with Crippen molar-refractivity contribution in [1.29, 1.82) is 0 Å². The highest BCUT2D eigenvalue weighted by Crippen LogP contribution is 2.53. The molecule has 55 heavy (non-hydrogen) atoms. The normalized spacial score (nSPS) is 21.9. The summed E-state index contributed by atoms with van der Waals surface area (Å²) in [5, 5.41) is 23.7. The maximum atomic E-state index is 11.2. The molecule has 0 saturated carbocycles. The first-order valence-electron chi connectivity index (χ1n) is 20.7. The smallest absolute Gasteiger partial charge is 0.119 e. The van der Waals surface area contributed by atoms with Crippen LogP contribution in [0.25, 0.3) is 0 Å². The number of nitrogens with zero attached hydrogens (tertiary/aromatic N) is 1. The first-order chi connectivity index (χ1) is 27.1. The number of hydrogen-bond acceptors (Lipinski definition) is 8. The molecule has 0 spiro atoms. The fourth-order valence-corrected chi connectivity index (χ4v) is 7.86. The van der Waals surface area contributed by atoms with Gasteiger partial charge in [-0.1, -0.05) is 107 Å². The van der Waals surface area contributed by atoms with Crippen LogP contribution in [0.4, 0.5) is 0 Å². The Kier molecular flexibility index (Phi) is 14.9. The summed E-state index contributed by atoms with van der Waals surface area (Å²) in [5.74, 6) is 3.03. The van der Waals surface area contributed by atoms with Gasteiger partial charge in [-0.2, -0.15) is 0 Å². The molecule has 8 nitrogen and oxygen atoms in total. The van der Waals surface area contributed by atoms with Crippen molar-refractivity contribution in [3.05, 3.63) is 119 Å². The Hall–Kier alpha value is -4.53. The van der Waals surface area contributed by atoms with Gasteiger partial charge in [0.1, 0.15) is 23.0 Å². The highest BCUT2D eigenvalue weighted by molar-refractivity contribution is 5.93. The van der Waals surface area contributed by atoms with E-state index in [1.165, 1.54) is 0 Å². The molecule has 2 bridgehead atoms. The zero-order chi connectivity index (χ0) is 38.4. The minimum atomic E-state index is -0.200. The minimum Gasteiger partial charge on any atom is -0.494 e. The molecule has 0 amide bonds. The number of nitrogens with one attached hydrogen (secondary N) is 2. The molecule has 8 heteroatoms. The first-order valence-corrected chi connectivity index (χ1v) is 20.7. The first kappa shape index (κ1) is 40.1. The molecule has 0 aromatic heterocycles. The summed E-state index contributed by atoms with van der Waals surface area (Å²) < 4.78 is 24.2. The summed E-state index contributed by atoms with van der Waals surface area (Å²) in [7, 11) is 0. The van der Waals surface area contributed by atoms with Crippen molar-refractivity contribution in [3.63, 3.8) is 0 Å². The SMILES string of the molecule is CCCCOc1ccc(C2NC(c3ccc(OCCCC)cc3)C3C(=NO)C2C(c2ccc(OCCCC)cc2)NC3c2ccc(OCCCC)cc2)cc1. The second-order valence-electron chi connectivity index (χ2n) is 14.9. The lowest BCUT2D eigenvalue weighted by Gasteiger charge is -2.54. The summed E-state index contributed by atoms with van der Waals surface area (Å²) in [6.45, 7) is 11.5. The molecule has 3 N–H and O–H groups in total.